The first-order valence-corrected chi connectivity index (χ1v) is 5.34. The van der Waals surface area contributed by atoms with Crippen molar-refractivity contribution in [2.75, 3.05) is 11.1 Å². The van der Waals surface area contributed by atoms with Gasteiger partial charge in [0, 0.05) is 24.1 Å². The molecule has 0 bridgehead atoms. The molecular weight excluding hydrogens is 248 g/mol. The lowest BCUT2D eigenvalue weighted by molar-refractivity contribution is -0.383. The van der Waals surface area contributed by atoms with Crippen molar-refractivity contribution in [3.63, 3.8) is 0 Å². The average Bonchev–Trinajstić information content (AvgIpc) is 2.39. The third kappa shape index (κ3) is 2.65. The van der Waals surface area contributed by atoms with Gasteiger partial charge in [-0.25, -0.2) is 0 Å². The first-order chi connectivity index (χ1) is 9.09. The Kier molecular flexibility index (Phi) is 3.37. The van der Waals surface area contributed by atoms with Crippen LogP contribution in [0.2, 0.25) is 0 Å². The molecule has 2 rings (SSSR count). The zero-order valence-corrected chi connectivity index (χ0v) is 9.74. The van der Waals surface area contributed by atoms with Crippen LogP contribution in [0.15, 0.2) is 42.7 Å². The van der Waals surface area contributed by atoms with Crippen LogP contribution in [0.25, 0.3) is 0 Å². The van der Waals surface area contributed by atoms with Crippen molar-refractivity contribution < 1.29 is 9.72 Å². The Balaban J connectivity index is 2.30. The predicted molar refractivity (Wildman–Crippen MR) is 69.7 cm³/mol. The lowest BCUT2D eigenvalue weighted by Crippen LogP contribution is -2.14. The van der Waals surface area contributed by atoms with Crippen LogP contribution < -0.4 is 11.1 Å². The average molecular weight is 258 g/mol. The van der Waals surface area contributed by atoms with Gasteiger partial charge in [-0.05, 0) is 18.2 Å². The highest BCUT2D eigenvalue weighted by molar-refractivity contribution is 6.08. The first-order valence-electron chi connectivity index (χ1n) is 5.34. The zero-order chi connectivity index (χ0) is 13.8. The Hall–Kier alpha value is -2.96. The molecule has 0 saturated heterocycles. The van der Waals surface area contributed by atoms with Gasteiger partial charge in [0.25, 0.3) is 11.6 Å². The summed E-state index contributed by atoms with van der Waals surface area (Å²) in [6.45, 7) is 0. The van der Waals surface area contributed by atoms with Crippen LogP contribution in [0.3, 0.4) is 0 Å². The third-order valence-electron chi connectivity index (χ3n) is 2.46. The highest BCUT2D eigenvalue weighted by Gasteiger charge is 2.18. The van der Waals surface area contributed by atoms with Crippen LogP contribution in [0.5, 0.6) is 0 Å². The number of aromatic nitrogens is 1. The smallest absolute Gasteiger partial charge is 0.292 e. The van der Waals surface area contributed by atoms with E-state index < -0.39 is 10.8 Å². The maximum Gasteiger partial charge on any atom is 0.292 e. The van der Waals surface area contributed by atoms with Gasteiger partial charge in [-0.3, -0.25) is 19.9 Å². The minimum absolute atomic E-state index is 0.0611. The molecule has 1 heterocycles. The van der Waals surface area contributed by atoms with Gasteiger partial charge in [0.15, 0.2) is 0 Å². The summed E-state index contributed by atoms with van der Waals surface area (Å²) < 4.78 is 0. The number of hydrogen-bond donors (Lipinski definition) is 2. The van der Waals surface area contributed by atoms with Gasteiger partial charge in [-0.15, -0.1) is 0 Å². The number of carbonyl (C=O) groups is 1. The molecule has 3 N–H and O–H groups in total. The summed E-state index contributed by atoms with van der Waals surface area (Å²) in [6, 6.07) is 7.30. The van der Waals surface area contributed by atoms with Crippen LogP contribution in [-0.2, 0) is 0 Å². The van der Waals surface area contributed by atoms with Gasteiger partial charge in [-0.2, -0.15) is 0 Å². The fourth-order valence-corrected chi connectivity index (χ4v) is 1.54. The number of nitrogens with one attached hydrogen (secondary N) is 1. The minimum Gasteiger partial charge on any atom is -0.393 e. The van der Waals surface area contributed by atoms with Crippen molar-refractivity contribution in [1.82, 2.24) is 4.98 Å². The van der Waals surface area contributed by atoms with Gasteiger partial charge in [0.2, 0.25) is 0 Å². The number of rotatable bonds is 3. The lowest BCUT2D eigenvalue weighted by atomic mass is 10.1. The molecule has 0 aliphatic rings. The Morgan fingerprint density at radius 3 is 2.58 bits per heavy atom. The number of nitrogens with zero attached hydrogens (tertiary/aromatic N) is 2. The molecule has 2 aromatic rings. The molecule has 7 heteroatoms. The number of anilines is 2. The Morgan fingerprint density at radius 1 is 1.26 bits per heavy atom. The first kappa shape index (κ1) is 12.5. The molecule has 19 heavy (non-hydrogen) atoms. The van der Waals surface area contributed by atoms with Crippen LogP contribution in [0.1, 0.15) is 10.4 Å². The minimum atomic E-state index is -0.626. The van der Waals surface area contributed by atoms with E-state index in [9.17, 15) is 14.9 Å². The van der Waals surface area contributed by atoms with Gasteiger partial charge in [0.05, 0.1) is 10.5 Å². The number of nitrogen functional groups attached to an aromatic ring is 1. The molecule has 0 unspecified atom stereocenters. The summed E-state index contributed by atoms with van der Waals surface area (Å²) in [7, 11) is 0. The molecule has 1 aromatic carbocycles. The maximum absolute atomic E-state index is 12.0. The van der Waals surface area contributed by atoms with Crippen molar-refractivity contribution in [2.45, 2.75) is 0 Å². The highest BCUT2D eigenvalue weighted by Crippen LogP contribution is 2.25. The molecule has 0 atom stereocenters. The second kappa shape index (κ2) is 5.13. The Labute approximate surface area is 108 Å². The largest absolute Gasteiger partial charge is 0.393 e. The monoisotopic (exact) mass is 258 g/mol. The second-order valence-electron chi connectivity index (χ2n) is 3.69. The number of nitro benzene ring substituents is 1. The molecule has 1 aromatic heterocycles. The number of hydrogen-bond acceptors (Lipinski definition) is 5. The Morgan fingerprint density at radius 2 is 1.95 bits per heavy atom. The summed E-state index contributed by atoms with van der Waals surface area (Å²) in [4.78, 5) is 25.9. The summed E-state index contributed by atoms with van der Waals surface area (Å²) in [5.41, 5.74) is 5.78. The molecule has 0 radical (unpaired) electrons. The molecule has 7 nitrogen and oxygen atoms in total. The van der Waals surface area contributed by atoms with Crippen molar-refractivity contribution in [1.29, 1.82) is 0 Å². The quantitative estimate of drug-likeness (QED) is 0.495. The number of pyridine rings is 1. The van der Waals surface area contributed by atoms with Gasteiger partial charge in [0.1, 0.15) is 5.69 Å². The van der Waals surface area contributed by atoms with E-state index in [0.717, 1.165) is 0 Å². The molecule has 1 amide bonds. The predicted octanol–water partition coefficient (Wildman–Crippen LogP) is 1.82. The normalized spacial score (nSPS) is 9.89. The van der Waals surface area contributed by atoms with Gasteiger partial charge >= 0.3 is 0 Å². The van der Waals surface area contributed by atoms with E-state index in [2.05, 4.69) is 10.3 Å². The topological polar surface area (TPSA) is 111 Å². The fourth-order valence-electron chi connectivity index (χ4n) is 1.54. The standard InChI is InChI=1S/C12H10N4O3/c13-11-9(2-1-3-10(11)16(18)19)12(17)15-8-4-6-14-7-5-8/h1-7H,13H2,(H,14,15,17). The molecule has 0 spiro atoms. The van der Waals surface area contributed by atoms with Crippen molar-refractivity contribution >= 4 is 23.0 Å². The van der Waals surface area contributed by atoms with E-state index in [-0.39, 0.29) is 16.9 Å². The number of amides is 1. The van der Waals surface area contributed by atoms with Crippen molar-refractivity contribution in [3.8, 4) is 0 Å². The SMILES string of the molecule is Nc1c(C(=O)Nc2ccncc2)cccc1[N+](=O)[O-]. The number of carbonyl (C=O) groups excluding carboxylic acids is 1. The van der Waals surface area contributed by atoms with E-state index in [1.54, 1.807) is 12.1 Å². The summed E-state index contributed by atoms with van der Waals surface area (Å²) >= 11 is 0. The van der Waals surface area contributed by atoms with Crippen molar-refractivity contribution in [3.05, 3.63) is 58.4 Å². The van der Waals surface area contributed by atoms with Crippen LogP contribution in [0, 0.1) is 10.1 Å². The van der Waals surface area contributed by atoms with E-state index in [4.69, 9.17) is 5.73 Å². The maximum atomic E-state index is 12.0. The highest BCUT2D eigenvalue weighted by atomic mass is 16.6. The second-order valence-corrected chi connectivity index (χ2v) is 3.69. The van der Waals surface area contributed by atoms with E-state index in [1.807, 2.05) is 0 Å². The van der Waals surface area contributed by atoms with Gasteiger partial charge in [-0.1, -0.05) is 6.07 Å². The van der Waals surface area contributed by atoms with E-state index >= 15 is 0 Å². The molecule has 0 aliphatic heterocycles. The molecular formula is C12H10N4O3. The molecule has 96 valence electrons. The third-order valence-corrected chi connectivity index (χ3v) is 2.46. The number of nitro groups is 1. The molecule has 0 saturated carbocycles. The summed E-state index contributed by atoms with van der Waals surface area (Å²) in [6.07, 6.45) is 3.04. The van der Waals surface area contributed by atoms with Crippen molar-refractivity contribution in [2.24, 2.45) is 0 Å². The van der Waals surface area contributed by atoms with E-state index in [0.29, 0.717) is 5.69 Å². The van der Waals surface area contributed by atoms with E-state index in [1.165, 1.54) is 30.6 Å². The number of benzene rings is 1. The van der Waals surface area contributed by atoms with Crippen LogP contribution >= 0.6 is 0 Å². The van der Waals surface area contributed by atoms with Crippen LogP contribution in [0.4, 0.5) is 17.1 Å². The summed E-state index contributed by atoms with van der Waals surface area (Å²) in [5.74, 6) is -0.507. The zero-order valence-electron chi connectivity index (χ0n) is 9.74. The Bertz CT molecular complexity index is 628. The summed E-state index contributed by atoms with van der Waals surface area (Å²) in [5, 5.41) is 13.3. The van der Waals surface area contributed by atoms with Crippen LogP contribution in [-0.4, -0.2) is 15.8 Å². The molecule has 0 aliphatic carbocycles. The number of nitrogens with two attached hydrogens (primary N) is 1. The fraction of sp³-hybridized carbons (Fsp3) is 0. The number of para-hydroxylation sites is 1. The lowest BCUT2D eigenvalue weighted by Gasteiger charge is -2.07. The van der Waals surface area contributed by atoms with Gasteiger partial charge < -0.3 is 11.1 Å². The molecule has 0 fully saturated rings.